The van der Waals surface area contributed by atoms with Crippen molar-refractivity contribution in [3.05, 3.63) is 60.2 Å². The van der Waals surface area contributed by atoms with Crippen LogP contribution in [0.4, 0.5) is 5.69 Å². The van der Waals surface area contributed by atoms with Crippen LogP contribution in [0.15, 0.2) is 54.6 Å². The first-order chi connectivity index (χ1) is 21.4. The Morgan fingerprint density at radius 1 is 1.09 bits per heavy atom. The fraction of sp³-hybridized carbons (Fsp3) is 0.545. The molecule has 4 saturated heterocycles. The van der Waals surface area contributed by atoms with Crippen molar-refractivity contribution in [2.24, 2.45) is 11.8 Å². The number of morpholine rings is 1. The molecule has 4 aliphatic rings. The topological polar surface area (TPSA) is 130 Å². The minimum absolute atomic E-state index is 0.309. The van der Waals surface area contributed by atoms with Gasteiger partial charge in [0.1, 0.15) is 17.4 Å². The van der Waals surface area contributed by atoms with Gasteiger partial charge in [-0.25, -0.2) is 0 Å². The van der Waals surface area contributed by atoms with Crippen LogP contribution in [0.25, 0.3) is 0 Å². The molecule has 11 nitrogen and oxygen atoms in total. The lowest BCUT2D eigenvalue weighted by Gasteiger charge is -2.37. The van der Waals surface area contributed by atoms with Crippen molar-refractivity contribution in [3.8, 4) is 5.75 Å². The fourth-order valence-corrected chi connectivity index (χ4v) is 7.51. The Morgan fingerprint density at radius 3 is 2.55 bits per heavy atom. The second-order valence-corrected chi connectivity index (χ2v) is 12.0. The highest BCUT2D eigenvalue weighted by Crippen LogP contribution is 2.59. The molecular weight excluding hydrogens is 564 g/mol. The van der Waals surface area contributed by atoms with Crippen LogP contribution in [-0.2, 0) is 30.3 Å². The summed E-state index contributed by atoms with van der Waals surface area (Å²) >= 11 is 0. The molecule has 3 N–H and O–H groups in total. The van der Waals surface area contributed by atoms with E-state index in [1.807, 2.05) is 37.3 Å². The number of hydrogen-bond donors (Lipinski definition) is 3. The van der Waals surface area contributed by atoms with Crippen molar-refractivity contribution in [2.75, 3.05) is 57.9 Å². The Balaban J connectivity index is 1.26. The van der Waals surface area contributed by atoms with Gasteiger partial charge in [-0.15, -0.1) is 0 Å². The van der Waals surface area contributed by atoms with Gasteiger partial charge in [0, 0.05) is 31.9 Å². The van der Waals surface area contributed by atoms with Gasteiger partial charge < -0.3 is 34.9 Å². The first-order valence-corrected chi connectivity index (χ1v) is 15.7. The second kappa shape index (κ2) is 13.2. The molecule has 2 aromatic carbocycles. The lowest BCUT2D eigenvalue weighted by Crippen LogP contribution is -2.59. The van der Waals surface area contributed by atoms with E-state index >= 15 is 0 Å². The molecule has 236 valence electrons. The molecule has 4 aliphatic heterocycles. The van der Waals surface area contributed by atoms with E-state index in [-0.39, 0.29) is 24.3 Å². The third kappa shape index (κ3) is 5.81. The fourth-order valence-electron chi connectivity index (χ4n) is 7.51. The summed E-state index contributed by atoms with van der Waals surface area (Å²) in [6.45, 7) is 6.12. The van der Waals surface area contributed by atoms with Crippen molar-refractivity contribution in [1.82, 2.24) is 15.1 Å². The Morgan fingerprint density at radius 2 is 1.84 bits per heavy atom. The van der Waals surface area contributed by atoms with E-state index in [9.17, 15) is 19.5 Å². The SMILES string of the molecule is CCOc1ccc(NC(=O)[C@@H]2[C@@H]3CCC4(O3)C(C(=O)NCCN3CCOCC3)N([C@@H](CO)Cc3ccccc3)C(=O)[C@H]24)cc1. The third-order valence-corrected chi connectivity index (χ3v) is 9.47. The highest BCUT2D eigenvalue weighted by Gasteiger charge is 2.75. The van der Waals surface area contributed by atoms with Crippen molar-refractivity contribution < 1.29 is 33.7 Å². The Kier molecular flexibility index (Phi) is 9.18. The molecule has 0 aromatic heterocycles. The van der Waals surface area contributed by atoms with Gasteiger partial charge in [0.25, 0.3) is 0 Å². The summed E-state index contributed by atoms with van der Waals surface area (Å²) in [7, 11) is 0. The predicted molar refractivity (Wildman–Crippen MR) is 162 cm³/mol. The number of nitrogens with zero attached hydrogens (tertiary/aromatic N) is 2. The zero-order valence-corrected chi connectivity index (χ0v) is 25.2. The summed E-state index contributed by atoms with van der Waals surface area (Å²) in [4.78, 5) is 46.0. The van der Waals surface area contributed by atoms with Crippen molar-refractivity contribution in [2.45, 2.75) is 50.0 Å². The number of anilines is 1. The van der Waals surface area contributed by atoms with Gasteiger partial charge in [-0.3, -0.25) is 19.3 Å². The maximum atomic E-state index is 14.4. The maximum Gasteiger partial charge on any atom is 0.245 e. The first kappa shape index (κ1) is 30.5. The molecule has 6 rings (SSSR count). The van der Waals surface area contributed by atoms with Crippen LogP contribution in [-0.4, -0.2) is 109 Å². The lowest BCUT2D eigenvalue weighted by molar-refractivity contribution is -0.145. The highest BCUT2D eigenvalue weighted by molar-refractivity contribution is 6.02. The van der Waals surface area contributed by atoms with Crippen LogP contribution >= 0.6 is 0 Å². The summed E-state index contributed by atoms with van der Waals surface area (Å²) in [6.07, 6.45) is 0.955. The minimum Gasteiger partial charge on any atom is -0.494 e. The van der Waals surface area contributed by atoms with Gasteiger partial charge in [-0.05, 0) is 56.0 Å². The number of aliphatic hydroxyl groups is 1. The minimum atomic E-state index is -1.14. The van der Waals surface area contributed by atoms with Gasteiger partial charge in [0.05, 0.1) is 50.4 Å². The van der Waals surface area contributed by atoms with Crippen LogP contribution in [0.1, 0.15) is 25.3 Å². The molecular formula is C33H42N4O7. The summed E-state index contributed by atoms with van der Waals surface area (Å²) in [6, 6.07) is 15.1. The van der Waals surface area contributed by atoms with Crippen molar-refractivity contribution >= 4 is 23.4 Å². The normalized spacial score (nSPS) is 28.5. The van der Waals surface area contributed by atoms with E-state index in [2.05, 4.69) is 15.5 Å². The lowest BCUT2D eigenvalue weighted by atomic mass is 9.70. The molecule has 0 saturated carbocycles. The van der Waals surface area contributed by atoms with E-state index in [0.29, 0.717) is 63.6 Å². The van der Waals surface area contributed by atoms with Crippen LogP contribution in [0.5, 0.6) is 5.75 Å². The van der Waals surface area contributed by atoms with Gasteiger partial charge in [-0.2, -0.15) is 0 Å². The average molecular weight is 607 g/mol. The van der Waals surface area contributed by atoms with Crippen LogP contribution < -0.4 is 15.4 Å². The molecule has 2 aromatic rings. The molecule has 4 fully saturated rings. The van der Waals surface area contributed by atoms with Crippen LogP contribution in [0.2, 0.25) is 0 Å². The number of carbonyl (C=O) groups is 3. The van der Waals surface area contributed by atoms with Gasteiger partial charge in [0.15, 0.2) is 0 Å². The summed E-state index contributed by atoms with van der Waals surface area (Å²) in [5.74, 6) is -1.83. The van der Waals surface area contributed by atoms with Gasteiger partial charge in [0.2, 0.25) is 17.7 Å². The van der Waals surface area contributed by atoms with Crippen molar-refractivity contribution in [3.63, 3.8) is 0 Å². The van der Waals surface area contributed by atoms with E-state index in [4.69, 9.17) is 14.2 Å². The predicted octanol–water partition coefficient (Wildman–Crippen LogP) is 1.45. The number of likely N-dealkylation sites (tertiary alicyclic amines) is 1. The van der Waals surface area contributed by atoms with E-state index in [1.165, 1.54) is 4.90 Å². The number of benzene rings is 2. The quantitative estimate of drug-likeness (QED) is 0.331. The molecule has 0 aliphatic carbocycles. The van der Waals surface area contributed by atoms with Crippen LogP contribution in [0, 0.1) is 11.8 Å². The average Bonchev–Trinajstić information content (AvgIpc) is 3.69. The summed E-state index contributed by atoms with van der Waals surface area (Å²) in [5, 5.41) is 16.6. The molecule has 2 unspecified atom stereocenters. The number of rotatable bonds is 12. The Labute approximate surface area is 257 Å². The number of fused-ring (bicyclic) bond motifs is 1. The number of ether oxygens (including phenoxy) is 3. The summed E-state index contributed by atoms with van der Waals surface area (Å²) < 4.78 is 17.5. The number of hydrogen-bond acceptors (Lipinski definition) is 8. The third-order valence-electron chi connectivity index (χ3n) is 9.47. The summed E-state index contributed by atoms with van der Waals surface area (Å²) in [5.41, 5.74) is 0.387. The second-order valence-electron chi connectivity index (χ2n) is 12.0. The molecule has 6 atom stereocenters. The van der Waals surface area contributed by atoms with E-state index in [0.717, 1.165) is 18.7 Å². The number of aliphatic hydroxyl groups excluding tert-OH is 1. The molecule has 1 spiro atoms. The number of amides is 3. The maximum absolute atomic E-state index is 14.4. The van der Waals surface area contributed by atoms with E-state index in [1.54, 1.807) is 24.3 Å². The molecule has 0 radical (unpaired) electrons. The van der Waals surface area contributed by atoms with Gasteiger partial charge >= 0.3 is 0 Å². The molecule has 3 amide bonds. The molecule has 44 heavy (non-hydrogen) atoms. The monoisotopic (exact) mass is 606 g/mol. The molecule has 4 heterocycles. The molecule has 11 heteroatoms. The Bertz CT molecular complexity index is 1320. The van der Waals surface area contributed by atoms with Crippen LogP contribution in [0.3, 0.4) is 0 Å². The number of nitrogens with one attached hydrogen (secondary N) is 2. The largest absolute Gasteiger partial charge is 0.494 e. The Hall–Kier alpha value is -3.51. The smallest absolute Gasteiger partial charge is 0.245 e. The number of carbonyl (C=O) groups excluding carboxylic acids is 3. The first-order valence-electron chi connectivity index (χ1n) is 15.7. The van der Waals surface area contributed by atoms with Gasteiger partial charge in [-0.1, -0.05) is 30.3 Å². The highest BCUT2D eigenvalue weighted by atomic mass is 16.5. The zero-order chi connectivity index (χ0) is 30.7. The van der Waals surface area contributed by atoms with E-state index < -0.39 is 35.6 Å². The standard InChI is InChI=1S/C33H42N4O7/c1-2-43-25-10-8-23(9-11-25)35-30(39)27-26-12-13-33(44-26)28(27)32(41)37(24(21-38)20-22-6-4-3-5-7-22)29(33)31(40)34-14-15-36-16-18-42-19-17-36/h3-11,24,26-29,38H,2,12-21H2,1H3,(H,34,40)(H,35,39)/t24-,26+,27-,28+,29?,33?/m1/s1. The van der Waals surface area contributed by atoms with Crippen molar-refractivity contribution in [1.29, 1.82) is 0 Å². The zero-order valence-electron chi connectivity index (χ0n) is 25.2. The molecule has 2 bridgehead atoms.